The molecular weight excluding hydrogens is 236 g/mol. The molecule has 1 unspecified atom stereocenters. The van der Waals surface area contributed by atoms with Gasteiger partial charge in [0, 0.05) is 37.6 Å². The van der Waals surface area contributed by atoms with Crippen molar-refractivity contribution in [2.45, 2.75) is 26.2 Å². The third-order valence-corrected chi connectivity index (χ3v) is 3.81. The van der Waals surface area contributed by atoms with Crippen molar-refractivity contribution in [3.63, 3.8) is 0 Å². The second-order valence-corrected chi connectivity index (χ2v) is 5.37. The van der Waals surface area contributed by atoms with Gasteiger partial charge in [0.05, 0.1) is 5.92 Å². The number of amides is 1. The van der Waals surface area contributed by atoms with Gasteiger partial charge in [0.15, 0.2) is 0 Å². The summed E-state index contributed by atoms with van der Waals surface area (Å²) in [5.74, 6) is 1.47. The zero-order valence-electron chi connectivity index (χ0n) is 10.4. The predicted octanol–water partition coefficient (Wildman–Crippen LogP) is 1.23. The molecule has 2 heterocycles. The fraction of sp³-hybridized carbons (Fsp3) is 0.727. The first-order chi connectivity index (χ1) is 8.11. The molecule has 0 aromatic carbocycles. The lowest BCUT2D eigenvalue weighted by Crippen LogP contribution is -2.30. The molecule has 1 atom stereocenters. The first-order valence-electron chi connectivity index (χ1n) is 5.92. The Labute approximate surface area is 105 Å². The Bertz CT molecular complexity index is 404. The fourth-order valence-corrected chi connectivity index (χ4v) is 2.78. The van der Waals surface area contributed by atoms with Crippen molar-refractivity contribution >= 4 is 22.6 Å². The Kier molecular flexibility index (Phi) is 3.61. The lowest BCUT2D eigenvalue weighted by atomic mass is 10.1. The van der Waals surface area contributed by atoms with Gasteiger partial charge in [0.1, 0.15) is 5.82 Å². The second kappa shape index (κ2) is 5.00. The molecule has 1 N–H and O–H groups in total. The average molecular weight is 254 g/mol. The zero-order valence-corrected chi connectivity index (χ0v) is 11.3. The molecule has 2 rings (SSSR count). The van der Waals surface area contributed by atoms with E-state index in [1.54, 1.807) is 7.05 Å². The average Bonchev–Trinajstić information content (AvgIpc) is 2.95. The van der Waals surface area contributed by atoms with Crippen molar-refractivity contribution in [1.29, 1.82) is 0 Å². The van der Waals surface area contributed by atoms with E-state index < -0.39 is 0 Å². The van der Waals surface area contributed by atoms with Crippen molar-refractivity contribution < 1.29 is 4.79 Å². The molecular formula is C11H18N4OS. The quantitative estimate of drug-likeness (QED) is 0.881. The Balaban J connectivity index is 2.02. The molecule has 1 amide bonds. The monoisotopic (exact) mass is 254 g/mol. The van der Waals surface area contributed by atoms with Crippen LogP contribution in [0.5, 0.6) is 0 Å². The molecule has 17 heavy (non-hydrogen) atoms. The maximum atomic E-state index is 11.5. The molecule has 0 bridgehead atoms. The Morgan fingerprint density at radius 2 is 2.35 bits per heavy atom. The standard InChI is InChI=1S/C11H18N4OS/c1-7(2)9-13-11(17-14-9)15-5-4-8(6-15)10(16)12-3/h7-8H,4-6H2,1-3H3,(H,12,16). The first kappa shape index (κ1) is 12.3. The van der Waals surface area contributed by atoms with Gasteiger partial charge >= 0.3 is 0 Å². The molecule has 94 valence electrons. The van der Waals surface area contributed by atoms with E-state index in [1.165, 1.54) is 11.5 Å². The molecule has 1 aromatic heterocycles. The van der Waals surface area contributed by atoms with Crippen molar-refractivity contribution in [2.75, 3.05) is 25.0 Å². The van der Waals surface area contributed by atoms with Crippen molar-refractivity contribution in [3.05, 3.63) is 5.82 Å². The number of carbonyl (C=O) groups excluding carboxylic acids is 1. The van der Waals surface area contributed by atoms with Crippen molar-refractivity contribution in [1.82, 2.24) is 14.7 Å². The van der Waals surface area contributed by atoms with Crippen LogP contribution in [0.4, 0.5) is 5.13 Å². The second-order valence-electron chi connectivity index (χ2n) is 4.64. The van der Waals surface area contributed by atoms with Gasteiger partial charge in [-0.25, -0.2) is 4.98 Å². The summed E-state index contributed by atoms with van der Waals surface area (Å²) in [4.78, 5) is 18.2. The maximum Gasteiger partial charge on any atom is 0.224 e. The number of carbonyl (C=O) groups is 1. The zero-order chi connectivity index (χ0) is 12.4. The van der Waals surface area contributed by atoms with E-state index in [2.05, 4.69) is 33.4 Å². The third kappa shape index (κ3) is 2.57. The van der Waals surface area contributed by atoms with Gasteiger partial charge in [0.25, 0.3) is 0 Å². The number of aromatic nitrogens is 2. The van der Waals surface area contributed by atoms with Crippen LogP contribution in [-0.2, 0) is 4.79 Å². The van der Waals surface area contributed by atoms with Crippen LogP contribution in [0, 0.1) is 5.92 Å². The molecule has 6 heteroatoms. The molecule has 5 nitrogen and oxygen atoms in total. The molecule has 0 saturated carbocycles. The van der Waals surface area contributed by atoms with E-state index >= 15 is 0 Å². The maximum absolute atomic E-state index is 11.5. The molecule has 1 aliphatic rings. The van der Waals surface area contributed by atoms with Gasteiger partial charge in [0.2, 0.25) is 11.0 Å². The van der Waals surface area contributed by atoms with Gasteiger partial charge in [-0.2, -0.15) is 4.37 Å². The summed E-state index contributed by atoms with van der Waals surface area (Å²) in [7, 11) is 1.69. The van der Waals surface area contributed by atoms with Gasteiger partial charge in [-0.15, -0.1) is 0 Å². The van der Waals surface area contributed by atoms with E-state index in [0.717, 1.165) is 30.5 Å². The lowest BCUT2D eigenvalue weighted by Gasteiger charge is -2.13. The highest BCUT2D eigenvalue weighted by Crippen LogP contribution is 2.27. The van der Waals surface area contributed by atoms with Crippen LogP contribution in [0.25, 0.3) is 0 Å². The molecule has 1 saturated heterocycles. The number of rotatable bonds is 3. The molecule has 1 fully saturated rings. The summed E-state index contributed by atoms with van der Waals surface area (Å²) >= 11 is 1.43. The van der Waals surface area contributed by atoms with Crippen molar-refractivity contribution in [3.8, 4) is 0 Å². The highest BCUT2D eigenvalue weighted by atomic mass is 32.1. The summed E-state index contributed by atoms with van der Waals surface area (Å²) < 4.78 is 4.34. The molecule has 0 spiro atoms. The van der Waals surface area contributed by atoms with Crippen LogP contribution in [0.2, 0.25) is 0 Å². The largest absolute Gasteiger partial charge is 0.359 e. The number of hydrogen-bond acceptors (Lipinski definition) is 5. The highest BCUT2D eigenvalue weighted by molar-refractivity contribution is 7.09. The normalized spacial score (nSPS) is 20.0. The summed E-state index contributed by atoms with van der Waals surface area (Å²) in [6.45, 7) is 5.82. The van der Waals surface area contributed by atoms with Gasteiger partial charge in [-0.3, -0.25) is 4.79 Å². The first-order valence-corrected chi connectivity index (χ1v) is 6.69. The van der Waals surface area contributed by atoms with Crippen LogP contribution in [-0.4, -0.2) is 35.4 Å². The minimum atomic E-state index is 0.0893. The van der Waals surface area contributed by atoms with E-state index in [4.69, 9.17) is 0 Å². The van der Waals surface area contributed by atoms with Crippen LogP contribution >= 0.6 is 11.5 Å². The molecule has 0 aliphatic carbocycles. The summed E-state index contributed by atoms with van der Waals surface area (Å²) in [6.07, 6.45) is 0.899. The van der Waals surface area contributed by atoms with Crippen molar-refractivity contribution in [2.24, 2.45) is 5.92 Å². The number of anilines is 1. The van der Waals surface area contributed by atoms with E-state index in [0.29, 0.717) is 5.92 Å². The SMILES string of the molecule is CNC(=O)C1CCN(c2nc(C(C)C)ns2)C1. The summed E-state index contributed by atoms with van der Waals surface area (Å²) in [6, 6.07) is 0. The Morgan fingerprint density at radius 3 is 2.94 bits per heavy atom. The topological polar surface area (TPSA) is 58.1 Å². The van der Waals surface area contributed by atoms with Crippen LogP contribution in [0.1, 0.15) is 32.0 Å². The summed E-state index contributed by atoms with van der Waals surface area (Å²) in [5.41, 5.74) is 0. The Hall–Kier alpha value is -1.17. The summed E-state index contributed by atoms with van der Waals surface area (Å²) in [5, 5.41) is 3.65. The number of nitrogens with zero attached hydrogens (tertiary/aromatic N) is 3. The van der Waals surface area contributed by atoms with Crippen LogP contribution in [0.15, 0.2) is 0 Å². The van der Waals surface area contributed by atoms with E-state index in [9.17, 15) is 4.79 Å². The highest BCUT2D eigenvalue weighted by Gasteiger charge is 2.29. The number of nitrogens with one attached hydrogen (secondary N) is 1. The molecule has 0 radical (unpaired) electrons. The molecule has 1 aromatic rings. The lowest BCUT2D eigenvalue weighted by molar-refractivity contribution is -0.123. The minimum absolute atomic E-state index is 0.0893. The van der Waals surface area contributed by atoms with Gasteiger partial charge in [-0.05, 0) is 6.42 Å². The molecule has 1 aliphatic heterocycles. The smallest absolute Gasteiger partial charge is 0.224 e. The minimum Gasteiger partial charge on any atom is -0.359 e. The Morgan fingerprint density at radius 1 is 1.59 bits per heavy atom. The fourth-order valence-electron chi connectivity index (χ4n) is 1.94. The van der Waals surface area contributed by atoms with Crippen LogP contribution in [0.3, 0.4) is 0 Å². The van der Waals surface area contributed by atoms with Crippen LogP contribution < -0.4 is 10.2 Å². The van der Waals surface area contributed by atoms with Gasteiger partial charge < -0.3 is 10.2 Å². The number of hydrogen-bond donors (Lipinski definition) is 1. The van der Waals surface area contributed by atoms with E-state index in [1.807, 2.05) is 0 Å². The van der Waals surface area contributed by atoms with Gasteiger partial charge in [-0.1, -0.05) is 13.8 Å². The third-order valence-electron chi connectivity index (χ3n) is 3.02. The van der Waals surface area contributed by atoms with E-state index in [-0.39, 0.29) is 11.8 Å². The predicted molar refractivity (Wildman–Crippen MR) is 68.4 cm³/mol.